The van der Waals surface area contributed by atoms with Gasteiger partial charge in [0, 0.05) is 6.54 Å². The quantitative estimate of drug-likeness (QED) is 0.650. The molecule has 0 saturated carbocycles. The summed E-state index contributed by atoms with van der Waals surface area (Å²) < 4.78 is 9.84. The van der Waals surface area contributed by atoms with E-state index in [-0.39, 0.29) is 17.8 Å². The van der Waals surface area contributed by atoms with Crippen molar-refractivity contribution in [3.05, 3.63) is 0 Å². The minimum Gasteiger partial charge on any atom is -0.466 e. The van der Waals surface area contributed by atoms with Crippen LogP contribution in [0.4, 0.5) is 0 Å². The van der Waals surface area contributed by atoms with E-state index in [0.717, 1.165) is 6.42 Å². The molecule has 19 heavy (non-hydrogen) atoms. The van der Waals surface area contributed by atoms with Crippen molar-refractivity contribution in [3.8, 4) is 0 Å². The molecule has 0 aromatic carbocycles. The second kappa shape index (κ2) is 8.91. The molecular formula is C14H27NO4. The van der Waals surface area contributed by atoms with Crippen LogP contribution in [0.5, 0.6) is 0 Å². The normalized spacial score (nSPS) is 12.9. The Hall–Kier alpha value is -1.10. The Kier molecular flexibility index (Phi) is 8.39. The number of carbonyl (C=O) groups excluding carboxylic acids is 2. The van der Waals surface area contributed by atoms with Gasteiger partial charge in [0.1, 0.15) is 6.04 Å². The van der Waals surface area contributed by atoms with Crippen molar-refractivity contribution in [1.29, 1.82) is 0 Å². The number of hydrogen-bond donors (Lipinski definition) is 1. The molecule has 0 heterocycles. The van der Waals surface area contributed by atoms with Gasteiger partial charge in [-0.3, -0.25) is 9.59 Å². The van der Waals surface area contributed by atoms with E-state index in [2.05, 4.69) is 26.1 Å². The molecule has 1 unspecified atom stereocenters. The zero-order valence-corrected chi connectivity index (χ0v) is 12.7. The van der Waals surface area contributed by atoms with Gasteiger partial charge in [0.2, 0.25) is 0 Å². The second-order valence-corrected chi connectivity index (χ2v) is 5.21. The maximum absolute atomic E-state index is 11.8. The number of hydrogen-bond acceptors (Lipinski definition) is 5. The van der Waals surface area contributed by atoms with Crippen LogP contribution in [0.15, 0.2) is 0 Å². The van der Waals surface area contributed by atoms with E-state index >= 15 is 0 Å². The molecule has 0 rings (SSSR count). The van der Waals surface area contributed by atoms with Crippen molar-refractivity contribution in [2.75, 3.05) is 19.8 Å². The molecule has 1 atom stereocenters. The van der Waals surface area contributed by atoms with E-state index in [0.29, 0.717) is 19.8 Å². The van der Waals surface area contributed by atoms with Gasteiger partial charge in [0.05, 0.1) is 19.6 Å². The molecule has 0 aliphatic heterocycles. The van der Waals surface area contributed by atoms with Gasteiger partial charge in [0.15, 0.2) is 0 Å². The van der Waals surface area contributed by atoms with Crippen LogP contribution in [0.2, 0.25) is 0 Å². The Morgan fingerprint density at radius 3 is 2.16 bits per heavy atom. The molecule has 0 aromatic rings. The first-order chi connectivity index (χ1) is 8.86. The summed E-state index contributed by atoms with van der Waals surface area (Å²) >= 11 is 0. The highest BCUT2D eigenvalue weighted by Gasteiger charge is 2.26. The summed E-state index contributed by atoms with van der Waals surface area (Å²) in [7, 11) is 0. The summed E-state index contributed by atoms with van der Waals surface area (Å²) in [6, 6.07) is -0.634. The zero-order chi connectivity index (χ0) is 14.9. The fourth-order valence-electron chi connectivity index (χ4n) is 1.39. The third kappa shape index (κ3) is 7.82. The summed E-state index contributed by atoms with van der Waals surface area (Å²) in [5.41, 5.74) is 0.0689. The first kappa shape index (κ1) is 17.9. The topological polar surface area (TPSA) is 64.6 Å². The van der Waals surface area contributed by atoms with Gasteiger partial charge in [-0.1, -0.05) is 20.8 Å². The van der Waals surface area contributed by atoms with E-state index < -0.39 is 12.0 Å². The molecule has 0 aliphatic carbocycles. The average molecular weight is 273 g/mol. The number of rotatable bonds is 9. The smallest absolute Gasteiger partial charge is 0.323 e. The molecule has 0 radical (unpaired) electrons. The predicted molar refractivity (Wildman–Crippen MR) is 73.7 cm³/mol. The average Bonchev–Trinajstić information content (AvgIpc) is 2.35. The number of ether oxygens (including phenoxy) is 2. The van der Waals surface area contributed by atoms with Crippen LogP contribution in [0.3, 0.4) is 0 Å². The van der Waals surface area contributed by atoms with Crippen molar-refractivity contribution in [3.63, 3.8) is 0 Å². The van der Waals surface area contributed by atoms with E-state index in [9.17, 15) is 9.59 Å². The molecule has 5 nitrogen and oxygen atoms in total. The Morgan fingerprint density at radius 1 is 1.11 bits per heavy atom. The summed E-state index contributed by atoms with van der Waals surface area (Å²) in [5, 5.41) is 3.11. The summed E-state index contributed by atoms with van der Waals surface area (Å²) in [6.45, 7) is 11.0. The van der Waals surface area contributed by atoms with Crippen LogP contribution >= 0.6 is 0 Å². The van der Waals surface area contributed by atoms with Gasteiger partial charge in [-0.15, -0.1) is 0 Å². The van der Waals surface area contributed by atoms with E-state index in [1.54, 1.807) is 13.8 Å². The maximum Gasteiger partial charge on any atom is 0.323 e. The lowest BCUT2D eigenvalue weighted by molar-refractivity contribution is -0.152. The molecule has 0 aromatic heterocycles. The van der Waals surface area contributed by atoms with Crippen molar-refractivity contribution in [2.24, 2.45) is 5.41 Å². The van der Waals surface area contributed by atoms with Gasteiger partial charge < -0.3 is 14.8 Å². The van der Waals surface area contributed by atoms with Crippen molar-refractivity contribution in [1.82, 2.24) is 5.32 Å². The Balaban J connectivity index is 4.50. The highest BCUT2D eigenvalue weighted by molar-refractivity contribution is 5.82. The fourth-order valence-corrected chi connectivity index (χ4v) is 1.39. The Labute approximate surface area is 116 Å². The van der Waals surface area contributed by atoms with E-state index in [4.69, 9.17) is 9.47 Å². The van der Waals surface area contributed by atoms with Crippen molar-refractivity contribution in [2.45, 2.75) is 53.5 Å². The molecule has 0 fully saturated rings. The highest BCUT2D eigenvalue weighted by atomic mass is 16.5. The van der Waals surface area contributed by atoms with E-state index in [1.165, 1.54) is 0 Å². The minimum atomic E-state index is -0.634. The Morgan fingerprint density at radius 2 is 1.68 bits per heavy atom. The lowest BCUT2D eigenvalue weighted by Gasteiger charge is -2.26. The number of nitrogens with one attached hydrogen (secondary N) is 1. The third-order valence-electron chi connectivity index (χ3n) is 3.03. The SMILES string of the molecule is CCOC(=O)CC(NCC(C)(C)CC)C(=O)OCC. The van der Waals surface area contributed by atoms with Crippen LogP contribution in [0.1, 0.15) is 47.5 Å². The van der Waals surface area contributed by atoms with E-state index in [1.807, 2.05) is 0 Å². The molecule has 0 aliphatic rings. The van der Waals surface area contributed by atoms with Gasteiger partial charge in [-0.05, 0) is 25.7 Å². The van der Waals surface area contributed by atoms with Gasteiger partial charge >= 0.3 is 11.9 Å². The summed E-state index contributed by atoms with van der Waals surface area (Å²) in [5.74, 6) is -0.787. The van der Waals surface area contributed by atoms with Gasteiger partial charge in [-0.25, -0.2) is 0 Å². The van der Waals surface area contributed by atoms with Crippen LogP contribution in [0, 0.1) is 5.41 Å². The lowest BCUT2D eigenvalue weighted by atomic mass is 9.90. The first-order valence-electron chi connectivity index (χ1n) is 6.91. The second-order valence-electron chi connectivity index (χ2n) is 5.21. The maximum atomic E-state index is 11.8. The summed E-state index contributed by atoms with van der Waals surface area (Å²) in [6.07, 6.45) is 0.988. The molecule has 1 N–H and O–H groups in total. The molecule has 5 heteroatoms. The minimum absolute atomic E-state index is 0.00642. The van der Waals surface area contributed by atoms with Gasteiger partial charge in [0.25, 0.3) is 0 Å². The first-order valence-corrected chi connectivity index (χ1v) is 6.91. The highest BCUT2D eigenvalue weighted by Crippen LogP contribution is 2.18. The number of esters is 2. The number of carbonyl (C=O) groups is 2. The summed E-state index contributed by atoms with van der Waals surface area (Å²) in [4.78, 5) is 23.3. The van der Waals surface area contributed by atoms with Crippen molar-refractivity contribution < 1.29 is 19.1 Å². The molecule has 0 spiro atoms. The third-order valence-corrected chi connectivity index (χ3v) is 3.03. The molecule has 112 valence electrons. The largest absolute Gasteiger partial charge is 0.466 e. The molecular weight excluding hydrogens is 246 g/mol. The molecule has 0 saturated heterocycles. The zero-order valence-electron chi connectivity index (χ0n) is 12.7. The predicted octanol–water partition coefficient (Wildman–Crippen LogP) is 1.90. The van der Waals surface area contributed by atoms with Crippen LogP contribution in [-0.2, 0) is 19.1 Å². The Bertz CT molecular complexity index is 289. The van der Waals surface area contributed by atoms with Crippen LogP contribution in [-0.4, -0.2) is 37.7 Å². The molecule has 0 bridgehead atoms. The monoisotopic (exact) mass is 273 g/mol. The van der Waals surface area contributed by atoms with Gasteiger partial charge in [-0.2, -0.15) is 0 Å². The molecule has 0 amide bonds. The van der Waals surface area contributed by atoms with Crippen LogP contribution in [0.25, 0.3) is 0 Å². The fraction of sp³-hybridized carbons (Fsp3) is 0.857. The van der Waals surface area contributed by atoms with Crippen molar-refractivity contribution >= 4 is 11.9 Å². The lowest BCUT2D eigenvalue weighted by Crippen LogP contribution is -2.44. The van der Waals surface area contributed by atoms with Crippen LogP contribution < -0.4 is 5.32 Å². The standard InChI is InChI=1S/C14H27NO4/c1-6-14(4,5)10-15-11(13(17)19-8-3)9-12(16)18-7-2/h11,15H,6-10H2,1-5H3.